The molecule has 1 atom stereocenters. The standard InChI is InChI=1S/C17H24N4OS/c1-12(2)13(3)18-16(22)11-21(4)17-19-15(20-23-17)10-14-8-6-5-7-9-14/h5-9,12-13H,10-11H2,1-4H3,(H,18,22)/t13-/m1/s1. The van der Waals surface area contributed by atoms with Crippen molar-refractivity contribution < 1.29 is 4.79 Å². The van der Waals surface area contributed by atoms with E-state index in [2.05, 4.69) is 40.7 Å². The van der Waals surface area contributed by atoms with Crippen molar-refractivity contribution in [3.8, 4) is 0 Å². The van der Waals surface area contributed by atoms with Crippen LogP contribution in [0, 0.1) is 5.92 Å². The molecule has 1 heterocycles. The first kappa shape index (κ1) is 17.4. The number of likely N-dealkylation sites (N-methyl/N-ethyl adjacent to an activating group) is 1. The fraction of sp³-hybridized carbons (Fsp3) is 0.471. The van der Waals surface area contributed by atoms with Crippen molar-refractivity contribution in [2.24, 2.45) is 5.92 Å². The molecular formula is C17H24N4OS. The van der Waals surface area contributed by atoms with E-state index in [1.807, 2.05) is 37.1 Å². The molecule has 0 unspecified atom stereocenters. The number of carbonyl (C=O) groups excluding carboxylic acids is 1. The average Bonchev–Trinajstić information content (AvgIpc) is 2.96. The van der Waals surface area contributed by atoms with Crippen molar-refractivity contribution in [1.82, 2.24) is 14.7 Å². The van der Waals surface area contributed by atoms with Crippen LogP contribution in [0.25, 0.3) is 0 Å². The fourth-order valence-electron chi connectivity index (χ4n) is 2.00. The third-order valence-electron chi connectivity index (χ3n) is 3.76. The van der Waals surface area contributed by atoms with E-state index in [4.69, 9.17) is 0 Å². The molecular weight excluding hydrogens is 308 g/mol. The molecule has 1 N–H and O–H groups in total. The summed E-state index contributed by atoms with van der Waals surface area (Å²) in [6.07, 6.45) is 0.710. The second kappa shape index (κ2) is 8.06. The Labute approximate surface area is 141 Å². The fourth-order valence-corrected chi connectivity index (χ4v) is 2.64. The Balaban J connectivity index is 1.90. The zero-order valence-electron chi connectivity index (χ0n) is 14.1. The van der Waals surface area contributed by atoms with Gasteiger partial charge in [-0.3, -0.25) is 4.79 Å². The van der Waals surface area contributed by atoms with Crippen LogP contribution >= 0.6 is 11.5 Å². The predicted octanol–water partition coefficient (Wildman–Crippen LogP) is 2.73. The van der Waals surface area contributed by atoms with Gasteiger partial charge < -0.3 is 10.2 Å². The highest BCUT2D eigenvalue weighted by Gasteiger charge is 2.15. The normalized spacial score (nSPS) is 12.2. The summed E-state index contributed by atoms with van der Waals surface area (Å²) in [4.78, 5) is 18.4. The third-order valence-corrected chi connectivity index (χ3v) is 4.63. The van der Waals surface area contributed by atoms with Crippen LogP contribution < -0.4 is 10.2 Å². The largest absolute Gasteiger partial charge is 0.352 e. The molecule has 0 saturated carbocycles. The molecule has 0 aliphatic rings. The molecule has 0 fully saturated rings. The number of aromatic nitrogens is 2. The summed E-state index contributed by atoms with van der Waals surface area (Å²) in [7, 11) is 1.87. The summed E-state index contributed by atoms with van der Waals surface area (Å²) in [6, 6.07) is 10.3. The molecule has 0 bridgehead atoms. The van der Waals surface area contributed by atoms with Gasteiger partial charge in [0.1, 0.15) is 5.82 Å². The Kier molecular flexibility index (Phi) is 6.10. The van der Waals surface area contributed by atoms with Gasteiger partial charge in [0.2, 0.25) is 11.0 Å². The number of hydrogen-bond acceptors (Lipinski definition) is 5. The SMILES string of the molecule is CC(C)[C@@H](C)NC(=O)CN(C)c1nc(Cc2ccccc2)ns1. The van der Waals surface area contributed by atoms with Crippen molar-refractivity contribution in [3.05, 3.63) is 41.7 Å². The number of amides is 1. The molecule has 0 aliphatic heterocycles. The molecule has 0 radical (unpaired) electrons. The molecule has 1 amide bonds. The van der Waals surface area contributed by atoms with Gasteiger partial charge in [0.15, 0.2) is 0 Å². The molecule has 1 aromatic carbocycles. The number of anilines is 1. The highest BCUT2D eigenvalue weighted by atomic mass is 32.1. The van der Waals surface area contributed by atoms with Crippen molar-refractivity contribution in [2.45, 2.75) is 33.2 Å². The van der Waals surface area contributed by atoms with Crippen molar-refractivity contribution >= 4 is 22.6 Å². The minimum Gasteiger partial charge on any atom is -0.352 e. The molecule has 0 saturated heterocycles. The van der Waals surface area contributed by atoms with Crippen LogP contribution in [0.5, 0.6) is 0 Å². The second-order valence-electron chi connectivity index (χ2n) is 6.11. The zero-order chi connectivity index (χ0) is 16.8. The maximum absolute atomic E-state index is 12.0. The van der Waals surface area contributed by atoms with Crippen molar-refractivity contribution in [2.75, 3.05) is 18.5 Å². The Morgan fingerprint density at radius 3 is 2.61 bits per heavy atom. The Bertz CT molecular complexity index is 627. The van der Waals surface area contributed by atoms with Crippen LogP contribution in [-0.4, -0.2) is 34.9 Å². The number of nitrogens with one attached hydrogen (secondary N) is 1. The quantitative estimate of drug-likeness (QED) is 0.847. The van der Waals surface area contributed by atoms with E-state index in [1.165, 1.54) is 17.1 Å². The number of hydrogen-bond donors (Lipinski definition) is 1. The third kappa shape index (κ3) is 5.32. The number of carbonyl (C=O) groups is 1. The van der Waals surface area contributed by atoms with Crippen LogP contribution in [0.4, 0.5) is 5.13 Å². The van der Waals surface area contributed by atoms with Crippen molar-refractivity contribution in [3.63, 3.8) is 0 Å². The van der Waals surface area contributed by atoms with Gasteiger partial charge in [-0.1, -0.05) is 44.2 Å². The van der Waals surface area contributed by atoms with Gasteiger partial charge in [0.05, 0.1) is 6.54 Å². The summed E-state index contributed by atoms with van der Waals surface area (Å²) in [6.45, 7) is 6.49. The van der Waals surface area contributed by atoms with E-state index in [0.717, 1.165) is 11.0 Å². The smallest absolute Gasteiger partial charge is 0.239 e. The van der Waals surface area contributed by atoms with E-state index >= 15 is 0 Å². The van der Waals surface area contributed by atoms with Gasteiger partial charge in [-0.25, -0.2) is 4.98 Å². The van der Waals surface area contributed by atoms with Gasteiger partial charge in [-0.05, 0) is 18.4 Å². The lowest BCUT2D eigenvalue weighted by Gasteiger charge is -2.20. The van der Waals surface area contributed by atoms with Crippen LogP contribution in [0.1, 0.15) is 32.2 Å². The summed E-state index contributed by atoms with van der Waals surface area (Å²) >= 11 is 1.33. The van der Waals surface area contributed by atoms with E-state index < -0.39 is 0 Å². The molecule has 0 aliphatic carbocycles. The van der Waals surface area contributed by atoms with Crippen LogP contribution in [0.2, 0.25) is 0 Å². The first-order valence-corrected chi connectivity index (χ1v) is 8.60. The number of benzene rings is 1. The first-order chi connectivity index (χ1) is 11.0. The molecule has 1 aromatic heterocycles. The van der Waals surface area contributed by atoms with Gasteiger partial charge in [0.25, 0.3) is 0 Å². The molecule has 6 heteroatoms. The lowest BCUT2D eigenvalue weighted by atomic mass is 10.1. The lowest BCUT2D eigenvalue weighted by Crippen LogP contribution is -2.41. The topological polar surface area (TPSA) is 58.1 Å². The summed E-state index contributed by atoms with van der Waals surface area (Å²) in [5.41, 5.74) is 1.18. The maximum atomic E-state index is 12.0. The molecule has 2 rings (SSSR count). The van der Waals surface area contributed by atoms with Gasteiger partial charge in [-0.2, -0.15) is 4.37 Å². The minimum atomic E-state index is 0.00788. The summed E-state index contributed by atoms with van der Waals surface area (Å²) in [5.74, 6) is 1.22. The highest BCUT2D eigenvalue weighted by molar-refractivity contribution is 7.09. The lowest BCUT2D eigenvalue weighted by molar-refractivity contribution is -0.120. The number of nitrogens with zero attached hydrogens (tertiary/aromatic N) is 3. The predicted molar refractivity (Wildman–Crippen MR) is 94.9 cm³/mol. The average molecular weight is 332 g/mol. The molecule has 124 valence electrons. The van der Waals surface area contributed by atoms with Gasteiger partial charge >= 0.3 is 0 Å². The molecule has 2 aromatic rings. The van der Waals surface area contributed by atoms with Gasteiger partial charge in [0, 0.05) is 31.0 Å². The molecule has 23 heavy (non-hydrogen) atoms. The molecule has 5 nitrogen and oxygen atoms in total. The zero-order valence-corrected chi connectivity index (χ0v) is 14.9. The van der Waals surface area contributed by atoms with Crippen LogP contribution in [0.15, 0.2) is 30.3 Å². The Hall–Kier alpha value is -1.95. The van der Waals surface area contributed by atoms with Crippen LogP contribution in [-0.2, 0) is 11.2 Å². The molecule has 0 spiro atoms. The van der Waals surface area contributed by atoms with E-state index in [1.54, 1.807) is 0 Å². The number of rotatable bonds is 7. The summed E-state index contributed by atoms with van der Waals surface area (Å²) < 4.78 is 4.39. The Morgan fingerprint density at radius 2 is 1.96 bits per heavy atom. The maximum Gasteiger partial charge on any atom is 0.239 e. The Morgan fingerprint density at radius 1 is 1.26 bits per heavy atom. The van der Waals surface area contributed by atoms with Crippen molar-refractivity contribution in [1.29, 1.82) is 0 Å². The summed E-state index contributed by atoms with van der Waals surface area (Å²) in [5, 5.41) is 3.77. The van der Waals surface area contributed by atoms with E-state index in [0.29, 0.717) is 12.3 Å². The second-order valence-corrected chi connectivity index (χ2v) is 6.84. The van der Waals surface area contributed by atoms with Gasteiger partial charge in [-0.15, -0.1) is 0 Å². The minimum absolute atomic E-state index is 0.00788. The first-order valence-electron chi connectivity index (χ1n) is 7.82. The highest BCUT2D eigenvalue weighted by Crippen LogP contribution is 2.17. The van der Waals surface area contributed by atoms with E-state index in [9.17, 15) is 4.79 Å². The monoisotopic (exact) mass is 332 g/mol. The van der Waals surface area contributed by atoms with E-state index in [-0.39, 0.29) is 18.5 Å². The van der Waals surface area contributed by atoms with Crippen LogP contribution in [0.3, 0.4) is 0 Å².